The zero-order valence-corrected chi connectivity index (χ0v) is 45.0. The molecular weight excluding hydrogens is 807 g/mol. The van der Waals surface area contributed by atoms with Crippen LogP contribution in [0.1, 0.15) is 335 Å². The molecule has 0 aromatic heterocycles. The molecule has 0 rings (SSSR count). The van der Waals surface area contributed by atoms with E-state index in [0.29, 0.717) is 6.42 Å². The molecule has 4 heteroatoms. The van der Waals surface area contributed by atoms with Crippen LogP contribution < -0.4 is 5.32 Å². The Morgan fingerprint density at radius 3 is 0.909 bits per heavy atom. The van der Waals surface area contributed by atoms with Gasteiger partial charge < -0.3 is 15.5 Å². The van der Waals surface area contributed by atoms with E-state index in [1.54, 1.807) is 6.08 Å². The van der Waals surface area contributed by atoms with Crippen LogP contribution in [-0.4, -0.2) is 34.9 Å². The second kappa shape index (κ2) is 57.9. The molecule has 0 spiro atoms. The van der Waals surface area contributed by atoms with Crippen molar-refractivity contribution in [1.29, 1.82) is 0 Å². The van der Waals surface area contributed by atoms with E-state index in [2.05, 4.69) is 43.5 Å². The van der Waals surface area contributed by atoms with Crippen LogP contribution in [0.5, 0.6) is 0 Å². The fourth-order valence-corrected chi connectivity index (χ4v) is 9.51. The van der Waals surface area contributed by atoms with Crippen molar-refractivity contribution in [3.63, 3.8) is 0 Å². The maximum Gasteiger partial charge on any atom is 0.220 e. The van der Waals surface area contributed by atoms with Crippen molar-refractivity contribution in [2.45, 2.75) is 347 Å². The number of amides is 1. The first-order valence-electron chi connectivity index (χ1n) is 30.2. The second-order valence-electron chi connectivity index (χ2n) is 20.8. The van der Waals surface area contributed by atoms with Crippen molar-refractivity contribution >= 4 is 5.91 Å². The lowest BCUT2D eigenvalue weighted by Crippen LogP contribution is -2.45. The zero-order chi connectivity index (χ0) is 47.7. The topological polar surface area (TPSA) is 69.6 Å². The molecule has 0 saturated heterocycles. The molecule has 0 aliphatic rings. The van der Waals surface area contributed by atoms with E-state index in [4.69, 9.17) is 0 Å². The standard InChI is InChI=1S/C62H119NO3/c1-3-5-7-9-11-13-15-17-19-21-23-25-27-29-30-31-32-34-35-37-39-41-43-45-47-49-51-53-55-57-61(65)60(59-64)63-62(66)58-56-54-52-50-48-46-44-42-40-38-36-33-28-26-24-22-20-18-16-14-12-10-8-6-4-2/h16,18,22,24,55,57,60-61,64-65H,3-15,17,19-21,23,25-54,56,58-59H2,1-2H3,(H,63,66)/b18-16-,24-22-,57-55+. The molecule has 66 heavy (non-hydrogen) atoms. The van der Waals surface area contributed by atoms with E-state index >= 15 is 0 Å². The van der Waals surface area contributed by atoms with Crippen LogP contribution >= 0.6 is 0 Å². The zero-order valence-electron chi connectivity index (χ0n) is 45.0. The van der Waals surface area contributed by atoms with Crippen LogP contribution in [0.3, 0.4) is 0 Å². The lowest BCUT2D eigenvalue weighted by atomic mass is 10.0. The van der Waals surface area contributed by atoms with Crippen molar-refractivity contribution in [3.05, 3.63) is 36.5 Å². The van der Waals surface area contributed by atoms with Crippen LogP contribution in [-0.2, 0) is 4.79 Å². The minimum atomic E-state index is -0.840. The summed E-state index contributed by atoms with van der Waals surface area (Å²) in [4.78, 5) is 12.5. The highest BCUT2D eigenvalue weighted by atomic mass is 16.3. The molecule has 0 aliphatic carbocycles. The monoisotopic (exact) mass is 926 g/mol. The molecule has 4 nitrogen and oxygen atoms in total. The summed E-state index contributed by atoms with van der Waals surface area (Å²) in [5.74, 6) is -0.0601. The van der Waals surface area contributed by atoms with E-state index < -0.39 is 12.1 Å². The molecule has 0 aromatic carbocycles. The fourth-order valence-electron chi connectivity index (χ4n) is 9.51. The summed E-state index contributed by atoms with van der Waals surface area (Å²) in [7, 11) is 0. The Morgan fingerprint density at radius 2 is 0.621 bits per heavy atom. The highest BCUT2D eigenvalue weighted by Crippen LogP contribution is 2.18. The van der Waals surface area contributed by atoms with E-state index in [1.807, 2.05) is 6.08 Å². The number of unbranched alkanes of at least 4 members (excludes halogenated alkanes) is 45. The fraction of sp³-hybridized carbons (Fsp3) is 0.887. The van der Waals surface area contributed by atoms with Gasteiger partial charge in [-0.15, -0.1) is 0 Å². The Balaban J connectivity index is 3.46. The third kappa shape index (κ3) is 53.6. The number of nitrogens with one attached hydrogen (secondary N) is 1. The summed E-state index contributed by atoms with van der Waals surface area (Å²) in [5.41, 5.74) is 0. The molecule has 0 radical (unpaired) electrons. The van der Waals surface area contributed by atoms with Crippen LogP contribution in [0, 0.1) is 0 Å². The molecule has 0 heterocycles. The molecular formula is C62H119NO3. The Kier molecular flexibility index (Phi) is 56.7. The van der Waals surface area contributed by atoms with Crippen molar-refractivity contribution < 1.29 is 15.0 Å². The molecule has 3 N–H and O–H groups in total. The molecule has 390 valence electrons. The Labute approximate surface area is 414 Å². The Bertz CT molecular complexity index is 1010. The average Bonchev–Trinajstić information content (AvgIpc) is 3.32. The number of hydrogen-bond acceptors (Lipinski definition) is 3. The van der Waals surface area contributed by atoms with E-state index in [9.17, 15) is 15.0 Å². The largest absolute Gasteiger partial charge is 0.394 e. The van der Waals surface area contributed by atoms with Gasteiger partial charge in [-0.2, -0.15) is 0 Å². The number of aliphatic hydroxyl groups is 2. The number of rotatable bonds is 56. The van der Waals surface area contributed by atoms with E-state index in [0.717, 1.165) is 32.1 Å². The van der Waals surface area contributed by atoms with Gasteiger partial charge in [-0.25, -0.2) is 0 Å². The van der Waals surface area contributed by atoms with Crippen LogP contribution in [0.15, 0.2) is 36.5 Å². The maximum absolute atomic E-state index is 12.5. The molecule has 2 unspecified atom stereocenters. The van der Waals surface area contributed by atoms with Gasteiger partial charge in [-0.1, -0.05) is 314 Å². The lowest BCUT2D eigenvalue weighted by molar-refractivity contribution is -0.123. The SMILES string of the molecule is CCCCCCC/C=C\C/C=C\CCCCCCCCCCCCCCCC(=O)NC(CO)C(O)/C=C/CCCCCCCCCCCCCCCCCCCCCCCCCCCCC. The predicted molar refractivity (Wildman–Crippen MR) is 295 cm³/mol. The molecule has 2 atom stereocenters. The molecule has 0 fully saturated rings. The summed E-state index contributed by atoms with van der Waals surface area (Å²) in [6.07, 6.45) is 79.0. The molecule has 0 saturated carbocycles. The van der Waals surface area contributed by atoms with Gasteiger partial charge in [0.15, 0.2) is 0 Å². The predicted octanol–water partition coefficient (Wildman–Crippen LogP) is 20.0. The first-order valence-corrected chi connectivity index (χ1v) is 30.2. The summed E-state index contributed by atoms with van der Waals surface area (Å²) in [5, 5.41) is 23.2. The summed E-state index contributed by atoms with van der Waals surface area (Å²) < 4.78 is 0. The Hall–Kier alpha value is -1.39. The van der Waals surface area contributed by atoms with Gasteiger partial charge in [0.05, 0.1) is 18.8 Å². The number of hydrogen-bond donors (Lipinski definition) is 3. The van der Waals surface area contributed by atoms with Gasteiger partial charge in [0.1, 0.15) is 0 Å². The molecule has 0 aromatic rings. The normalized spacial score (nSPS) is 13.0. The number of allylic oxidation sites excluding steroid dienone is 5. The van der Waals surface area contributed by atoms with Crippen molar-refractivity contribution in [2.24, 2.45) is 0 Å². The molecule has 0 bridgehead atoms. The summed E-state index contributed by atoms with van der Waals surface area (Å²) >= 11 is 0. The van der Waals surface area contributed by atoms with Gasteiger partial charge in [0, 0.05) is 6.42 Å². The van der Waals surface area contributed by atoms with E-state index in [1.165, 1.54) is 283 Å². The van der Waals surface area contributed by atoms with Crippen LogP contribution in [0.4, 0.5) is 0 Å². The number of carbonyl (C=O) groups excluding carboxylic acids is 1. The first kappa shape index (κ1) is 64.6. The third-order valence-corrected chi connectivity index (χ3v) is 14.1. The maximum atomic E-state index is 12.5. The van der Waals surface area contributed by atoms with Crippen molar-refractivity contribution in [3.8, 4) is 0 Å². The van der Waals surface area contributed by atoms with Gasteiger partial charge in [-0.3, -0.25) is 4.79 Å². The second-order valence-corrected chi connectivity index (χ2v) is 20.8. The van der Waals surface area contributed by atoms with Gasteiger partial charge in [0.2, 0.25) is 5.91 Å². The lowest BCUT2D eigenvalue weighted by Gasteiger charge is -2.20. The van der Waals surface area contributed by atoms with Gasteiger partial charge >= 0.3 is 0 Å². The van der Waals surface area contributed by atoms with E-state index in [-0.39, 0.29) is 12.5 Å². The quantitative estimate of drug-likeness (QED) is 0.0420. The highest BCUT2D eigenvalue weighted by Gasteiger charge is 2.18. The number of carbonyl (C=O) groups is 1. The highest BCUT2D eigenvalue weighted by molar-refractivity contribution is 5.76. The smallest absolute Gasteiger partial charge is 0.220 e. The summed E-state index contributed by atoms with van der Waals surface area (Å²) in [6, 6.07) is -0.623. The summed E-state index contributed by atoms with van der Waals surface area (Å²) in [6.45, 7) is 4.34. The third-order valence-electron chi connectivity index (χ3n) is 14.1. The molecule has 0 aliphatic heterocycles. The molecule has 1 amide bonds. The van der Waals surface area contributed by atoms with Gasteiger partial charge in [0.25, 0.3) is 0 Å². The minimum absolute atomic E-state index is 0.0601. The number of aliphatic hydroxyl groups excluding tert-OH is 2. The van der Waals surface area contributed by atoms with Crippen molar-refractivity contribution in [2.75, 3.05) is 6.61 Å². The average molecular weight is 927 g/mol. The van der Waals surface area contributed by atoms with Gasteiger partial charge in [-0.05, 0) is 51.4 Å². The first-order chi connectivity index (χ1) is 32.7. The van der Waals surface area contributed by atoms with Crippen LogP contribution in [0.2, 0.25) is 0 Å². The minimum Gasteiger partial charge on any atom is -0.394 e. The van der Waals surface area contributed by atoms with Crippen LogP contribution in [0.25, 0.3) is 0 Å². The Morgan fingerprint density at radius 1 is 0.364 bits per heavy atom. The van der Waals surface area contributed by atoms with Crippen molar-refractivity contribution in [1.82, 2.24) is 5.32 Å².